The van der Waals surface area contributed by atoms with E-state index < -0.39 is 12.5 Å². The van der Waals surface area contributed by atoms with Gasteiger partial charge in [0.2, 0.25) is 0 Å². The highest BCUT2D eigenvalue weighted by atomic mass is 19.3. The number of anilines is 1. The summed E-state index contributed by atoms with van der Waals surface area (Å²) >= 11 is 0. The predicted octanol–water partition coefficient (Wildman–Crippen LogP) is 4.58. The van der Waals surface area contributed by atoms with E-state index in [0.717, 1.165) is 0 Å². The highest BCUT2D eigenvalue weighted by molar-refractivity contribution is 6.13. The smallest absolute Gasteiger partial charge is 0.387 e. The lowest BCUT2D eigenvalue weighted by Gasteiger charge is -2.09. The lowest BCUT2D eigenvalue weighted by atomic mass is 10.0. The Balaban J connectivity index is 1.77. The second kappa shape index (κ2) is 8.13. The maximum absolute atomic E-state index is 13.2. The van der Waals surface area contributed by atoms with Gasteiger partial charge in [0.1, 0.15) is 5.75 Å². The van der Waals surface area contributed by atoms with E-state index in [4.69, 9.17) is 4.52 Å². The van der Waals surface area contributed by atoms with E-state index in [1.54, 1.807) is 42.9 Å². The number of carbonyl (C=O) groups is 1. The molecule has 0 aliphatic carbocycles. The number of aryl methyl sites for hydroxylation is 3. The molecule has 0 spiro atoms. The maximum atomic E-state index is 13.2. The number of alkyl halides is 2. The predicted molar refractivity (Wildman–Crippen MR) is 109 cm³/mol. The van der Waals surface area contributed by atoms with Crippen LogP contribution in [0.1, 0.15) is 28.7 Å². The van der Waals surface area contributed by atoms with Crippen LogP contribution in [-0.4, -0.2) is 32.4 Å². The lowest BCUT2D eigenvalue weighted by Crippen LogP contribution is -2.13. The van der Waals surface area contributed by atoms with Gasteiger partial charge in [-0.1, -0.05) is 17.3 Å². The van der Waals surface area contributed by atoms with Crippen molar-refractivity contribution in [2.24, 2.45) is 0 Å². The zero-order valence-corrected chi connectivity index (χ0v) is 17.0. The number of pyridine rings is 1. The minimum atomic E-state index is -2.95. The number of hydrogen-bond donors (Lipinski definition) is 1. The summed E-state index contributed by atoms with van der Waals surface area (Å²) in [6.07, 6.45) is 1.75. The number of rotatable bonds is 6. The molecule has 1 N–H and O–H groups in total. The summed E-state index contributed by atoms with van der Waals surface area (Å²) in [6.45, 7) is 3.18. The number of nitrogens with one attached hydrogen (secondary N) is 1. The summed E-state index contributed by atoms with van der Waals surface area (Å²) in [5, 5.41) is 11.6. The van der Waals surface area contributed by atoms with Gasteiger partial charge < -0.3 is 14.6 Å². The second-order valence-corrected chi connectivity index (χ2v) is 6.85. The van der Waals surface area contributed by atoms with Gasteiger partial charge in [0.05, 0.1) is 33.7 Å². The van der Waals surface area contributed by atoms with E-state index in [-0.39, 0.29) is 11.5 Å². The number of benzene rings is 1. The molecule has 3 heterocycles. The van der Waals surface area contributed by atoms with Gasteiger partial charge in [-0.05, 0) is 39.0 Å². The Kier molecular flexibility index (Phi) is 5.37. The first kappa shape index (κ1) is 20.5. The van der Waals surface area contributed by atoms with Crippen molar-refractivity contribution in [3.05, 3.63) is 53.5 Å². The number of hydrogen-bond acceptors (Lipinski definition) is 6. The molecule has 160 valence electrons. The van der Waals surface area contributed by atoms with Crippen LogP contribution >= 0.6 is 0 Å². The third-order valence-corrected chi connectivity index (χ3v) is 4.74. The summed E-state index contributed by atoms with van der Waals surface area (Å²) < 4.78 is 36.6. The van der Waals surface area contributed by atoms with Crippen LogP contribution < -0.4 is 10.1 Å². The summed E-state index contributed by atoms with van der Waals surface area (Å²) in [5.74, 6) is -0.407. The first-order valence-electron chi connectivity index (χ1n) is 9.53. The Morgan fingerprint density at radius 2 is 2.06 bits per heavy atom. The number of ether oxygens (including phenoxy) is 1. The minimum absolute atomic E-state index is 0.0169. The Hall–Kier alpha value is -3.82. The van der Waals surface area contributed by atoms with E-state index in [1.807, 2.05) is 6.92 Å². The fourth-order valence-electron chi connectivity index (χ4n) is 3.25. The third kappa shape index (κ3) is 4.09. The van der Waals surface area contributed by atoms with E-state index in [2.05, 4.69) is 25.3 Å². The normalized spacial score (nSPS) is 11.3. The number of halogens is 2. The van der Waals surface area contributed by atoms with Crippen LogP contribution in [0.15, 0.2) is 41.1 Å². The van der Waals surface area contributed by atoms with Crippen molar-refractivity contribution in [3.8, 4) is 17.0 Å². The quantitative estimate of drug-likeness (QED) is 0.484. The molecule has 8 nitrogen and oxygen atoms in total. The highest BCUT2D eigenvalue weighted by Crippen LogP contribution is 2.30. The molecule has 0 saturated heterocycles. The maximum Gasteiger partial charge on any atom is 0.387 e. The molecule has 0 radical (unpaired) electrons. The molecule has 0 atom stereocenters. The van der Waals surface area contributed by atoms with Crippen molar-refractivity contribution in [3.63, 3.8) is 0 Å². The molecule has 0 bridgehead atoms. The van der Waals surface area contributed by atoms with Crippen LogP contribution in [-0.2, 0) is 6.54 Å². The van der Waals surface area contributed by atoms with Crippen LogP contribution in [0.4, 0.5) is 14.5 Å². The first-order chi connectivity index (χ1) is 14.9. The fourth-order valence-corrected chi connectivity index (χ4v) is 3.25. The van der Waals surface area contributed by atoms with Crippen LogP contribution in [0.3, 0.4) is 0 Å². The fraction of sp³-hybridized carbons (Fsp3) is 0.238. The number of fused-ring (bicyclic) bond motifs is 1. The average Bonchev–Trinajstić information content (AvgIpc) is 3.29. The lowest BCUT2D eigenvalue weighted by molar-refractivity contribution is -0.0498. The van der Waals surface area contributed by atoms with Gasteiger partial charge in [0.25, 0.3) is 11.6 Å². The van der Waals surface area contributed by atoms with Gasteiger partial charge in [0, 0.05) is 18.3 Å². The van der Waals surface area contributed by atoms with Crippen molar-refractivity contribution in [1.29, 1.82) is 0 Å². The van der Waals surface area contributed by atoms with Crippen molar-refractivity contribution in [2.75, 3.05) is 5.32 Å². The number of aromatic nitrogens is 4. The monoisotopic (exact) mass is 427 g/mol. The third-order valence-electron chi connectivity index (χ3n) is 4.74. The summed E-state index contributed by atoms with van der Waals surface area (Å²) in [6, 6.07) is 7.64. The molecule has 1 aromatic carbocycles. The molecular weight excluding hydrogens is 408 g/mol. The molecule has 31 heavy (non-hydrogen) atoms. The molecule has 4 rings (SSSR count). The van der Waals surface area contributed by atoms with E-state index in [0.29, 0.717) is 45.8 Å². The largest absolute Gasteiger partial charge is 0.435 e. The minimum Gasteiger partial charge on any atom is -0.435 e. The topological polar surface area (TPSA) is 95.1 Å². The Labute approximate surface area is 175 Å². The molecule has 0 aliphatic heterocycles. The van der Waals surface area contributed by atoms with Gasteiger partial charge in [-0.25, -0.2) is 4.98 Å². The second-order valence-electron chi connectivity index (χ2n) is 6.85. The molecule has 0 aliphatic rings. The van der Waals surface area contributed by atoms with Crippen molar-refractivity contribution in [2.45, 2.75) is 33.9 Å². The van der Waals surface area contributed by atoms with Crippen LogP contribution in [0.2, 0.25) is 0 Å². The average molecular weight is 427 g/mol. The molecule has 3 aromatic heterocycles. The van der Waals surface area contributed by atoms with Crippen molar-refractivity contribution in [1.82, 2.24) is 19.9 Å². The Bertz CT molecular complexity index is 1270. The van der Waals surface area contributed by atoms with Crippen molar-refractivity contribution < 1.29 is 22.8 Å². The van der Waals surface area contributed by atoms with E-state index >= 15 is 0 Å². The van der Waals surface area contributed by atoms with Crippen LogP contribution in [0.25, 0.3) is 22.4 Å². The standard InChI is InChI=1S/C21H19F2N5O3/c1-4-28-10-17(11(2)26-28)24-19(29)15-9-16(25-20-18(15)12(3)27-31-20)13-6-5-7-14(8-13)30-21(22)23/h5-10,21H,4H2,1-3H3,(H,24,29). The zero-order chi connectivity index (χ0) is 22.1. The molecule has 1 amide bonds. The van der Waals surface area contributed by atoms with Crippen molar-refractivity contribution >= 4 is 22.7 Å². The van der Waals surface area contributed by atoms with E-state index in [9.17, 15) is 13.6 Å². The summed E-state index contributed by atoms with van der Waals surface area (Å²) in [7, 11) is 0. The van der Waals surface area contributed by atoms with Gasteiger partial charge >= 0.3 is 6.61 Å². The van der Waals surface area contributed by atoms with Gasteiger partial charge in [0.15, 0.2) is 0 Å². The molecule has 0 unspecified atom stereocenters. The molecule has 4 aromatic rings. The van der Waals surface area contributed by atoms with Gasteiger partial charge in [-0.15, -0.1) is 0 Å². The molecular formula is C21H19F2N5O3. The molecule has 0 saturated carbocycles. The summed E-state index contributed by atoms with van der Waals surface area (Å²) in [4.78, 5) is 17.6. The number of carbonyl (C=O) groups excluding carboxylic acids is 1. The SMILES string of the molecule is CCn1cc(NC(=O)c2cc(-c3cccc(OC(F)F)c3)nc3onc(C)c23)c(C)n1. The molecule has 0 fully saturated rings. The highest BCUT2D eigenvalue weighted by Gasteiger charge is 2.21. The van der Waals surface area contributed by atoms with E-state index in [1.165, 1.54) is 12.1 Å². The zero-order valence-electron chi connectivity index (χ0n) is 17.0. The van der Waals surface area contributed by atoms with Crippen LogP contribution in [0.5, 0.6) is 5.75 Å². The van der Waals surface area contributed by atoms with Crippen LogP contribution in [0, 0.1) is 13.8 Å². The Morgan fingerprint density at radius 1 is 1.26 bits per heavy atom. The number of nitrogens with zero attached hydrogens (tertiary/aromatic N) is 4. The molecule has 10 heteroatoms. The Morgan fingerprint density at radius 3 is 2.77 bits per heavy atom. The van der Waals surface area contributed by atoms with Gasteiger partial charge in [-0.2, -0.15) is 13.9 Å². The van der Waals surface area contributed by atoms with Gasteiger partial charge in [-0.3, -0.25) is 9.48 Å². The summed E-state index contributed by atoms with van der Waals surface area (Å²) in [5.41, 5.74) is 3.07. The number of amides is 1. The first-order valence-corrected chi connectivity index (χ1v) is 9.53.